The molecule has 3 N–H and O–H groups in total. The van der Waals surface area contributed by atoms with Crippen LogP contribution in [0.2, 0.25) is 0 Å². The molecule has 1 aliphatic rings. The normalized spacial score (nSPS) is 14.0. The van der Waals surface area contributed by atoms with Gasteiger partial charge in [0.25, 0.3) is 5.91 Å². The van der Waals surface area contributed by atoms with Gasteiger partial charge in [0.1, 0.15) is 11.3 Å². The minimum Gasteiger partial charge on any atom is -0.382 e. The van der Waals surface area contributed by atoms with Gasteiger partial charge in [0.15, 0.2) is 0 Å². The molecular formula is C30H26F3N5O2. The topological polar surface area (TPSA) is 93.4 Å². The molecule has 3 heterocycles. The first kappa shape index (κ1) is 27.1. The minimum atomic E-state index is -4.56. The number of pyridine rings is 2. The third kappa shape index (κ3) is 6.06. The third-order valence-corrected chi connectivity index (χ3v) is 6.68. The number of rotatable bonds is 4. The van der Waals surface area contributed by atoms with Gasteiger partial charge < -0.3 is 15.8 Å². The van der Waals surface area contributed by atoms with Crippen LogP contribution in [0.4, 0.5) is 24.7 Å². The molecule has 0 bridgehead atoms. The Morgan fingerprint density at radius 2 is 1.85 bits per heavy atom. The standard InChI is InChI=1S/C30H26F3N5O2/c1-19-4-5-21(15-20(19)6-7-22-17-36-28(34)27-25(22)3-2-10-35-27)29(39)37-24-9-8-23(26(16-24)30(31,32)33)18-38-11-13-40-14-12-38/h2-5,8-10,15-17H,11-14,18H2,1H3,(H2,34,36)(H,37,39). The van der Waals surface area contributed by atoms with E-state index in [0.717, 1.165) is 17.0 Å². The van der Waals surface area contributed by atoms with Crippen LogP contribution >= 0.6 is 0 Å². The zero-order valence-electron chi connectivity index (χ0n) is 21.7. The van der Waals surface area contributed by atoms with Crippen LogP contribution < -0.4 is 11.1 Å². The lowest BCUT2D eigenvalue weighted by Crippen LogP contribution is -2.36. The van der Waals surface area contributed by atoms with Crippen LogP contribution in [0.25, 0.3) is 10.9 Å². The third-order valence-electron chi connectivity index (χ3n) is 6.68. The van der Waals surface area contributed by atoms with Crippen molar-refractivity contribution >= 4 is 28.3 Å². The predicted molar refractivity (Wildman–Crippen MR) is 147 cm³/mol. The van der Waals surface area contributed by atoms with Gasteiger partial charge in [0, 0.05) is 54.2 Å². The molecule has 0 atom stereocenters. The summed E-state index contributed by atoms with van der Waals surface area (Å²) in [4.78, 5) is 23.4. The molecule has 1 saturated heterocycles. The Bertz CT molecular complexity index is 1640. The van der Waals surface area contributed by atoms with Crippen LogP contribution in [0.3, 0.4) is 0 Å². The van der Waals surface area contributed by atoms with Gasteiger partial charge >= 0.3 is 6.18 Å². The fourth-order valence-electron chi connectivity index (χ4n) is 4.48. The van der Waals surface area contributed by atoms with Crippen molar-refractivity contribution in [2.75, 3.05) is 37.4 Å². The molecular weight excluding hydrogens is 519 g/mol. The highest BCUT2D eigenvalue weighted by Crippen LogP contribution is 2.34. The highest BCUT2D eigenvalue weighted by Gasteiger charge is 2.34. The largest absolute Gasteiger partial charge is 0.416 e. The van der Waals surface area contributed by atoms with E-state index in [9.17, 15) is 18.0 Å². The van der Waals surface area contributed by atoms with E-state index in [0.29, 0.717) is 48.8 Å². The zero-order valence-corrected chi connectivity index (χ0v) is 21.7. The molecule has 0 saturated carbocycles. The quantitative estimate of drug-likeness (QED) is 0.350. The molecule has 40 heavy (non-hydrogen) atoms. The second-order valence-corrected chi connectivity index (χ2v) is 9.45. The molecule has 10 heteroatoms. The average molecular weight is 546 g/mol. The van der Waals surface area contributed by atoms with Crippen LogP contribution in [0, 0.1) is 18.8 Å². The summed E-state index contributed by atoms with van der Waals surface area (Å²) in [6.45, 7) is 4.12. The number of alkyl halides is 3. The van der Waals surface area contributed by atoms with Gasteiger partial charge in [0.2, 0.25) is 0 Å². The van der Waals surface area contributed by atoms with Crippen molar-refractivity contribution in [2.45, 2.75) is 19.6 Å². The van der Waals surface area contributed by atoms with Crippen molar-refractivity contribution in [2.24, 2.45) is 0 Å². The second-order valence-electron chi connectivity index (χ2n) is 9.45. The average Bonchev–Trinajstić information content (AvgIpc) is 2.94. The summed E-state index contributed by atoms with van der Waals surface area (Å²) in [6.07, 6.45) is -1.37. The summed E-state index contributed by atoms with van der Waals surface area (Å²) in [5, 5.41) is 3.36. The molecule has 0 radical (unpaired) electrons. The highest BCUT2D eigenvalue weighted by molar-refractivity contribution is 6.04. The van der Waals surface area contributed by atoms with Gasteiger partial charge in [-0.25, -0.2) is 4.98 Å². The van der Waals surface area contributed by atoms with Crippen LogP contribution in [0.15, 0.2) is 60.9 Å². The van der Waals surface area contributed by atoms with Crippen LogP contribution in [-0.2, 0) is 17.5 Å². The molecule has 4 aromatic rings. The molecule has 5 rings (SSSR count). The van der Waals surface area contributed by atoms with Gasteiger partial charge in [-0.1, -0.05) is 24.0 Å². The Morgan fingerprint density at radius 3 is 2.62 bits per heavy atom. The highest BCUT2D eigenvalue weighted by atomic mass is 19.4. The lowest BCUT2D eigenvalue weighted by Gasteiger charge is -2.27. The predicted octanol–water partition coefficient (Wildman–Crippen LogP) is 5.02. The van der Waals surface area contributed by atoms with Crippen molar-refractivity contribution in [3.63, 3.8) is 0 Å². The SMILES string of the molecule is Cc1ccc(C(=O)Nc2ccc(CN3CCOCC3)c(C(F)(F)F)c2)cc1C#Cc1cnc(N)c2ncccc12. The fraction of sp³-hybridized carbons (Fsp3) is 0.233. The van der Waals surface area contributed by atoms with E-state index in [-0.39, 0.29) is 23.4 Å². The van der Waals surface area contributed by atoms with Crippen molar-refractivity contribution in [1.29, 1.82) is 0 Å². The van der Waals surface area contributed by atoms with E-state index in [1.807, 2.05) is 17.9 Å². The molecule has 204 valence electrons. The Balaban J connectivity index is 1.38. The number of anilines is 2. The summed E-state index contributed by atoms with van der Waals surface area (Å²) >= 11 is 0. The van der Waals surface area contributed by atoms with Gasteiger partial charge in [-0.15, -0.1) is 0 Å². The number of fused-ring (bicyclic) bond motifs is 1. The number of morpholine rings is 1. The number of nitrogens with two attached hydrogens (primary N) is 1. The summed E-state index contributed by atoms with van der Waals surface area (Å²) in [5.41, 5.74) is 8.23. The van der Waals surface area contributed by atoms with Crippen molar-refractivity contribution in [3.05, 3.63) is 94.3 Å². The van der Waals surface area contributed by atoms with Crippen LogP contribution in [-0.4, -0.2) is 47.1 Å². The van der Waals surface area contributed by atoms with Crippen LogP contribution in [0.1, 0.15) is 38.2 Å². The Labute approximate surface area is 229 Å². The lowest BCUT2D eigenvalue weighted by molar-refractivity contribution is -0.138. The molecule has 0 aliphatic carbocycles. The van der Waals surface area contributed by atoms with E-state index >= 15 is 0 Å². The molecule has 0 spiro atoms. The lowest BCUT2D eigenvalue weighted by atomic mass is 10.0. The first-order chi connectivity index (χ1) is 19.2. The number of nitrogens with zero attached hydrogens (tertiary/aromatic N) is 3. The van der Waals surface area contributed by atoms with Gasteiger partial charge in [-0.05, 0) is 54.4 Å². The van der Waals surface area contributed by atoms with E-state index in [1.54, 1.807) is 36.7 Å². The van der Waals surface area contributed by atoms with Crippen molar-refractivity contribution in [1.82, 2.24) is 14.9 Å². The smallest absolute Gasteiger partial charge is 0.382 e. The summed E-state index contributed by atoms with van der Waals surface area (Å²) in [7, 11) is 0. The van der Waals surface area contributed by atoms with Crippen molar-refractivity contribution < 1.29 is 22.7 Å². The number of aromatic nitrogens is 2. The minimum absolute atomic E-state index is 0.0585. The number of carbonyl (C=O) groups is 1. The second kappa shape index (κ2) is 11.3. The van der Waals surface area contributed by atoms with Gasteiger partial charge in [-0.3, -0.25) is 14.7 Å². The maximum absolute atomic E-state index is 13.9. The van der Waals surface area contributed by atoms with E-state index in [1.165, 1.54) is 12.1 Å². The number of hydrogen-bond acceptors (Lipinski definition) is 6. The number of amides is 1. The van der Waals surface area contributed by atoms with E-state index in [4.69, 9.17) is 10.5 Å². The summed E-state index contributed by atoms with van der Waals surface area (Å²) in [6, 6.07) is 12.5. The van der Waals surface area contributed by atoms with Gasteiger partial charge in [-0.2, -0.15) is 13.2 Å². The molecule has 1 fully saturated rings. The number of nitrogen functional groups attached to an aromatic ring is 1. The summed E-state index contributed by atoms with van der Waals surface area (Å²) in [5.74, 6) is 5.91. The molecule has 1 amide bonds. The fourth-order valence-corrected chi connectivity index (χ4v) is 4.48. The molecule has 7 nitrogen and oxygen atoms in total. The van der Waals surface area contributed by atoms with Crippen LogP contribution in [0.5, 0.6) is 0 Å². The maximum Gasteiger partial charge on any atom is 0.416 e. The number of ether oxygens (including phenoxy) is 1. The molecule has 1 aliphatic heterocycles. The van der Waals surface area contributed by atoms with E-state index in [2.05, 4.69) is 27.1 Å². The Morgan fingerprint density at radius 1 is 1.07 bits per heavy atom. The molecule has 0 unspecified atom stereocenters. The number of aryl methyl sites for hydroxylation is 1. The Hall–Kier alpha value is -4.46. The van der Waals surface area contributed by atoms with Gasteiger partial charge in [0.05, 0.1) is 24.3 Å². The first-order valence-corrected chi connectivity index (χ1v) is 12.6. The number of halogens is 3. The number of nitrogens with one attached hydrogen (secondary N) is 1. The van der Waals surface area contributed by atoms with Crippen molar-refractivity contribution in [3.8, 4) is 11.8 Å². The molecule has 2 aromatic carbocycles. The monoisotopic (exact) mass is 545 g/mol. The number of benzene rings is 2. The van der Waals surface area contributed by atoms with E-state index < -0.39 is 17.6 Å². The Kier molecular flexibility index (Phi) is 7.69. The number of carbonyl (C=O) groups excluding carboxylic acids is 1. The molecule has 2 aromatic heterocycles. The maximum atomic E-state index is 13.9. The number of hydrogen-bond donors (Lipinski definition) is 2. The zero-order chi connectivity index (χ0) is 28.3. The summed E-state index contributed by atoms with van der Waals surface area (Å²) < 4.78 is 47.0. The first-order valence-electron chi connectivity index (χ1n) is 12.6.